The number of hydrogen-bond acceptors (Lipinski definition) is 1. The molecule has 0 bridgehead atoms. The van der Waals surface area contributed by atoms with Gasteiger partial charge in [0.25, 0.3) is 0 Å². The highest BCUT2D eigenvalue weighted by molar-refractivity contribution is 8.01. The maximum Gasteiger partial charge on any atom is 0.0390 e. The summed E-state index contributed by atoms with van der Waals surface area (Å²) in [7, 11) is 0. The molecule has 1 saturated heterocycles. The molecular formula is C11H14S. The Morgan fingerprint density at radius 1 is 1.33 bits per heavy atom. The lowest BCUT2D eigenvalue weighted by molar-refractivity contribution is 0.622. The normalized spacial score (nSPS) is 28.2. The van der Waals surface area contributed by atoms with Crippen molar-refractivity contribution in [3.05, 3.63) is 35.4 Å². The lowest BCUT2D eigenvalue weighted by Gasteiger charge is -2.39. The van der Waals surface area contributed by atoms with E-state index in [0.29, 0.717) is 4.75 Å². The first-order chi connectivity index (χ1) is 5.72. The van der Waals surface area contributed by atoms with Crippen molar-refractivity contribution in [2.24, 2.45) is 0 Å². The molecule has 0 aliphatic carbocycles. The number of benzene rings is 1. The largest absolute Gasteiger partial charge is 0.151 e. The van der Waals surface area contributed by atoms with Crippen LogP contribution in [0.3, 0.4) is 0 Å². The van der Waals surface area contributed by atoms with Crippen LogP contribution in [0, 0.1) is 6.92 Å². The third kappa shape index (κ3) is 1.16. The lowest BCUT2D eigenvalue weighted by Crippen LogP contribution is -2.28. The highest BCUT2D eigenvalue weighted by Gasteiger charge is 2.35. The van der Waals surface area contributed by atoms with E-state index in [1.54, 1.807) is 0 Å². The smallest absolute Gasteiger partial charge is 0.0390 e. The van der Waals surface area contributed by atoms with Crippen LogP contribution in [-0.4, -0.2) is 5.75 Å². The molecule has 0 saturated carbocycles. The number of hydrogen-bond donors (Lipinski definition) is 0. The van der Waals surface area contributed by atoms with E-state index < -0.39 is 0 Å². The fourth-order valence-electron chi connectivity index (χ4n) is 1.79. The third-order valence-electron chi connectivity index (χ3n) is 2.71. The fourth-order valence-corrected chi connectivity index (χ4v) is 2.99. The summed E-state index contributed by atoms with van der Waals surface area (Å²) in [6.45, 7) is 4.56. The molecule has 1 heteroatoms. The van der Waals surface area contributed by atoms with E-state index in [1.165, 1.54) is 23.3 Å². The van der Waals surface area contributed by atoms with Crippen LogP contribution in [0.4, 0.5) is 0 Å². The minimum Gasteiger partial charge on any atom is -0.151 e. The molecule has 0 N–H and O–H groups in total. The molecule has 2 rings (SSSR count). The van der Waals surface area contributed by atoms with Crippen LogP contribution < -0.4 is 0 Å². The summed E-state index contributed by atoms with van der Waals surface area (Å²) in [6.07, 6.45) is 1.34. The van der Waals surface area contributed by atoms with Crippen molar-refractivity contribution in [3.8, 4) is 0 Å². The Bertz CT molecular complexity index is 287. The van der Waals surface area contributed by atoms with Crippen molar-refractivity contribution >= 4 is 11.8 Å². The summed E-state index contributed by atoms with van der Waals surface area (Å²) >= 11 is 2.07. The molecule has 1 unspecified atom stereocenters. The molecule has 12 heavy (non-hydrogen) atoms. The molecule has 64 valence electrons. The molecule has 1 aromatic carbocycles. The highest BCUT2D eigenvalue weighted by atomic mass is 32.2. The van der Waals surface area contributed by atoms with Gasteiger partial charge in [0.05, 0.1) is 0 Å². The van der Waals surface area contributed by atoms with Gasteiger partial charge in [0.15, 0.2) is 0 Å². The molecule has 1 aromatic rings. The summed E-state index contributed by atoms with van der Waals surface area (Å²) in [6, 6.07) is 8.74. The van der Waals surface area contributed by atoms with Crippen LogP contribution in [-0.2, 0) is 4.75 Å². The fraction of sp³-hybridized carbons (Fsp3) is 0.455. The minimum absolute atomic E-state index is 0.422. The maximum absolute atomic E-state index is 2.35. The van der Waals surface area contributed by atoms with Gasteiger partial charge in [-0.1, -0.05) is 24.3 Å². The average molecular weight is 178 g/mol. The summed E-state index contributed by atoms with van der Waals surface area (Å²) in [5, 5.41) is 0. The summed E-state index contributed by atoms with van der Waals surface area (Å²) in [5.41, 5.74) is 2.97. The van der Waals surface area contributed by atoms with Gasteiger partial charge >= 0.3 is 0 Å². The van der Waals surface area contributed by atoms with Gasteiger partial charge in [-0.05, 0) is 37.1 Å². The van der Waals surface area contributed by atoms with Crippen molar-refractivity contribution in [2.75, 3.05) is 5.75 Å². The molecule has 0 radical (unpaired) electrons. The number of thioether (sulfide) groups is 1. The van der Waals surface area contributed by atoms with E-state index in [9.17, 15) is 0 Å². The molecule has 0 spiro atoms. The Balaban J connectivity index is 2.39. The topological polar surface area (TPSA) is 0 Å². The second-order valence-electron chi connectivity index (χ2n) is 3.64. The van der Waals surface area contributed by atoms with Gasteiger partial charge in [-0.3, -0.25) is 0 Å². The Morgan fingerprint density at radius 2 is 2.00 bits per heavy atom. The maximum atomic E-state index is 2.35. The van der Waals surface area contributed by atoms with Gasteiger partial charge in [0.1, 0.15) is 0 Å². The molecule has 1 heterocycles. The lowest BCUT2D eigenvalue weighted by atomic mass is 9.92. The van der Waals surface area contributed by atoms with E-state index in [4.69, 9.17) is 0 Å². The first kappa shape index (κ1) is 8.18. The molecule has 1 atom stereocenters. The van der Waals surface area contributed by atoms with E-state index in [-0.39, 0.29) is 0 Å². The highest BCUT2D eigenvalue weighted by Crippen LogP contribution is 2.49. The summed E-state index contributed by atoms with van der Waals surface area (Å²) in [4.78, 5) is 0. The first-order valence-electron chi connectivity index (χ1n) is 4.42. The zero-order chi connectivity index (χ0) is 8.60. The van der Waals surface area contributed by atoms with E-state index >= 15 is 0 Å². The molecular weight excluding hydrogens is 164 g/mol. The zero-order valence-corrected chi connectivity index (χ0v) is 8.45. The average Bonchev–Trinajstić information content (AvgIpc) is 2.01. The Kier molecular flexibility index (Phi) is 1.91. The summed E-state index contributed by atoms with van der Waals surface area (Å²) < 4.78 is 0.422. The second kappa shape index (κ2) is 2.81. The molecule has 0 nitrogen and oxygen atoms in total. The number of aryl methyl sites for hydroxylation is 1. The van der Waals surface area contributed by atoms with Crippen LogP contribution >= 0.6 is 11.8 Å². The van der Waals surface area contributed by atoms with Gasteiger partial charge in [-0.15, -0.1) is 0 Å². The molecule has 1 fully saturated rings. The number of rotatable bonds is 1. The molecule has 1 aliphatic heterocycles. The minimum atomic E-state index is 0.422. The second-order valence-corrected chi connectivity index (χ2v) is 5.24. The predicted octanol–water partition coefficient (Wildman–Crippen LogP) is 3.35. The van der Waals surface area contributed by atoms with Crippen LogP contribution in [0.15, 0.2) is 24.3 Å². The van der Waals surface area contributed by atoms with Crippen LogP contribution in [0.1, 0.15) is 24.5 Å². The molecule has 0 amide bonds. The van der Waals surface area contributed by atoms with Crippen molar-refractivity contribution < 1.29 is 0 Å². The van der Waals surface area contributed by atoms with Crippen molar-refractivity contribution in [1.29, 1.82) is 0 Å². The van der Waals surface area contributed by atoms with Gasteiger partial charge < -0.3 is 0 Å². The van der Waals surface area contributed by atoms with Crippen molar-refractivity contribution in [1.82, 2.24) is 0 Å². The van der Waals surface area contributed by atoms with Gasteiger partial charge in [0, 0.05) is 4.75 Å². The summed E-state index contributed by atoms with van der Waals surface area (Å²) in [5.74, 6) is 1.32. The molecule has 0 aromatic heterocycles. The SMILES string of the molecule is Cc1ccccc1C1(C)CCS1. The van der Waals surface area contributed by atoms with E-state index in [2.05, 4.69) is 49.9 Å². The zero-order valence-electron chi connectivity index (χ0n) is 7.63. The van der Waals surface area contributed by atoms with E-state index in [1.807, 2.05) is 0 Å². The van der Waals surface area contributed by atoms with Crippen LogP contribution in [0.5, 0.6) is 0 Å². The third-order valence-corrected chi connectivity index (χ3v) is 4.18. The van der Waals surface area contributed by atoms with Gasteiger partial charge in [-0.25, -0.2) is 0 Å². The monoisotopic (exact) mass is 178 g/mol. The van der Waals surface area contributed by atoms with Crippen LogP contribution in [0.25, 0.3) is 0 Å². The Labute approximate surface area is 78.4 Å². The molecule has 1 aliphatic rings. The van der Waals surface area contributed by atoms with Gasteiger partial charge in [0.2, 0.25) is 0 Å². The van der Waals surface area contributed by atoms with Crippen molar-refractivity contribution in [2.45, 2.75) is 25.0 Å². The predicted molar refractivity (Wildman–Crippen MR) is 55.6 cm³/mol. The quantitative estimate of drug-likeness (QED) is 0.635. The van der Waals surface area contributed by atoms with Crippen molar-refractivity contribution in [3.63, 3.8) is 0 Å². The standard InChI is InChI=1S/C11H14S/c1-9-5-3-4-6-10(9)11(2)7-8-12-11/h3-6H,7-8H2,1-2H3. The van der Waals surface area contributed by atoms with E-state index in [0.717, 1.165) is 0 Å². The Morgan fingerprint density at radius 3 is 2.50 bits per heavy atom. The Hall–Kier alpha value is -0.430. The van der Waals surface area contributed by atoms with Crippen LogP contribution in [0.2, 0.25) is 0 Å². The van der Waals surface area contributed by atoms with Gasteiger partial charge in [-0.2, -0.15) is 11.8 Å². The first-order valence-corrected chi connectivity index (χ1v) is 5.41.